The fraction of sp³-hybridized carbons (Fsp3) is 0.227. The highest BCUT2D eigenvalue weighted by Gasteiger charge is 2.37. The number of carbonyl (C=O) groups is 1. The molecule has 0 fully saturated rings. The van der Waals surface area contributed by atoms with Gasteiger partial charge in [-0.3, -0.25) is 0 Å². The number of aromatic hydroxyl groups is 1. The van der Waals surface area contributed by atoms with Gasteiger partial charge in [-0.05, 0) is 49.1 Å². The molecule has 2 aromatic rings. The second-order valence-corrected chi connectivity index (χ2v) is 7.01. The van der Waals surface area contributed by atoms with Crippen molar-refractivity contribution in [2.24, 2.45) is 5.92 Å². The molecule has 4 rings (SSSR count). The van der Waals surface area contributed by atoms with Crippen LogP contribution in [0.15, 0.2) is 60.4 Å². The second-order valence-electron chi connectivity index (χ2n) is 7.01. The largest absolute Gasteiger partial charge is 0.507 e. The van der Waals surface area contributed by atoms with Crippen molar-refractivity contribution in [3.8, 4) is 22.6 Å². The average Bonchev–Trinajstić information content (AvgIpc) is 2.61. The maximum Gasteiger partial charge on any atom is 0.336 e. The molecule has 26 heavy (non-hydrogen) atoms. The van der Waals surface area contributed by atoms with Crippen molar-refractivity contribution in [2.45, 2.75) is 25.7 Å². The van der Waals surface area contributed by atoms with Gasteiger partial charge in [-0.1, -0.05) is 36.4 Å². The first-order valence-electron chi connectivity index (χ1n) is 8.69. The van der Waals surface area contributed by atoms with E-state index < -0.39 is 5.97 Å². The first kappa shape index (κ1) is 16.5. The Morgan fingerprint density at radius 3 is 2.81 bits per heavy atom. The monoisotopic (exact) mass is 348 g/mol. The van der Waals surface area contributed by atoms with Gasteiger partial charge < -0.3 is 14.9 Å². The number of ether oxygens (including phenoxy) is 1. The van der Waals surface area contributed by atoms with E-state index in [-0.39, 0.29) is 23.1 Å². The van der Waals surface area contributed by atoms with E-state index in [1.54, 1.807) is 36.4 Å². The van der Waals surface area contributed by atoms with E-state index >= 15 is 0 Å². The molecule has 4 nitrogen and oxygen atoms in total. The lowest BCUT2D eigenvalue weighted by Crippen LogP contribution is -2.25. The van der Waals surface area contributed by atoms with Crippen LogP contribution in [-0.2, 0) is 0 Å². The van der Waals surface area contributed by atoms with Crippen molar-refractivity contribution >= 4 is 5.97 Å². The highest BCUT2D eigenvalue weighted by atomic mass is 16.5. The number of carboxylic acid groups (broad SMARTS) is 1. The number of carboxylic acids is 1. The van der Waals surface area contributed by atoms with Crippen LogP contribution in [0.3, 0.4) is 0 Å². The SMILES string of the molecule is C=C1Oc2cc(-c3ccccc3C(=O)O)cc(O)c2[C@@H]2C=C(C)CC[C@@H]12. The summed E-state index contributed by atoms with van der Waals surface area (Å²) in [6, 6.07) is 10.2. The highest BCUT2D eigenvalue weighted by molar-refractivity contribution is 5.96. The molecule has 0 unspecified atom stereocenters. The van der Waals surface area contributed by atoms with Crippen molar-refractivity contribution in [2.75, 3.05) is 0 Å². The lowest BCUT2D eigenvalue weighted by Gasteiger charge is -2.37. The Morgan fingerprint density at radius 1 is 1.27 bits per heavy atom. The molecule has 0 amide bonds. The Bertz CT molecular complexity index is 955. The second kappa shape index (κ2) is 6.06. The van der Waals surface area contributed by atoms with Gasteiger partial charge in [-0.15, -0.1) is 0 Å². The number of benzene rings is 2. The molecule has 2 N–H and O–H groups in total. The summed E-state index contributed by atoms with van der Waals surface area (Å²) in [4.78, 5) is 11.5. The van der Waals surface area contributed by atoms with Gasteiger partial charge in [0.05, 0.1) is 5.56 Å². The third-order valence-electron chi connectivity index (χ3n) is 5.32. The van der Waals surface area contributed by atoms with E-state index in [9.17, 15) is 15.0 Å². The molecule has 2 aliphatic rings. The van der Waals surface area contributed by atoms with Crippen LogP contribution >= 0.6 is 0 Å². The molecular weight excluding hydrogens is 328 g/mol. The van der Waals surface area contributed by atoms with Crippen LogP contribution in [0, 0.1) is 5.92 Å². The quantitative estimate of drug-likeness (QED) is 0.741. The molecule has 0 spiro atoms. The van der Waals surface area contributed by atoms with Crippen molar-refractivity contribution in [3.63, 3.8) is 0 Å². The normalized spacial score (nSPS) is 21.3. The van der Waals surface area contributed by atoms with Gasteiger partial charge in [0.2, 0.25) is 0 Å². The van der Waals surface area contributed by atoms with Crippen LogP contribution in [0.5, 0.6) is 11.5 Å². The highest BCUT2D eigenvalue weighted by Crippen LogP contribution is 2.52. The van der Waals surface area contributed by atoms with E-state index in [0.717, 1.165) is 18.4 Å². The molecule has 132 valence electrons. The summed E-state index contributed by atoms with van der Waals surface area (Å²) < 4.78 is 5.95. The van der Waals surface area contributed by atoms with Crippen LogP contribution < -0.4 is 4.74 Å². The third-order valence-corrected chi connectivity index (χ3v) is 5.32. The van der Waals surface area contributed by atoms with Gasteiger partial charge in [0, 0.05) is 17.4 Å². The van der Waals surface area contributed by atoms with Gasteiger partial charge >= 0.3 is 5.97 Å². The van der Waals surface area contributed by atoms with E-state index in [0.29, 0.717) is 22.6 Å². The third kappa shape index (κ3) is 2.58. The Balaban J connectivity index is 1.88. The fourth-order valence-corrected chi connectivity index (χ4v) is 4.04. The first-order chi connectivity index (χ1) is 12.5. The first-order valence-corrected chi connectivity index (χ1v) is 8.69. The predicted octanol–water partition coefficient (Wildman–Crippen LogP) is 5.10. The topological polar surface area (TPSA) is 66.8 Å². The zero-order valence-corrected chi connectivity index (χ0v) is 14.5. The molecule has 0 radical (unpaired) electrons. The lowest BCUT2D eigenvalue weighted by molar-refractivity contribution is 0.0697. The molecule has 0 saturated heterocycles. The molecule has 1 heterocycles. The minimum Gasteiger partial charge on any atom is -0.507 e. The van der Waals surface area contributed by atoms with Crippen LogP contribution in [0.25, 0.3) is 11.1 Å². The summed E-state index contributed by atoms with van der Waals surface area (Å²) in [5, 5.41) is 20.2. The van der Waals surface area contributed by atoms with Crippen LogP contribution in [0.4, 0.5) is 0 Å². The minimum atomic E-state index is -1.01. The summed E-state index contributed by atoms with van der Waals surface area (Å²) in [7, 11) is 0. The average molecular weight is 348 g/mol. The summed E-state index contributed by atoms with van der Waals surface area (Å²) in [5.74, 6) is 0.588. The number of phenolic OH excluding ortho intramolecular Hbond substituents is 1. The number of hydrogen-bond donors (Lipinski definition) is 2. The van der Waals surface area contributed by atoms with E-state index in [4.69, 9.17) is 4.74 Å². The zero-order chi connectivity index (χ0) is 18.4. The van der Waals surface area contributed by atoms with Crippen LogP contribution in [-0.4, -0.2) is 16.2 Å². The Kier molecular flexibility index (Phi) is 3.83. The number of rotatable bonds is 2. The summed E-state index contributed by atoms with van der Waals surface area (Å²) in [6.07, 6.45) is 4.14. The van der Waals surface area contributed by atoms with Crippen molar-refractivity contribution < 1.29 is 19.7 Å². The predicted molar refractivity (Wildman–Crippen MR) is 99.5 cm³/mol. The molecule has 0 saturated carbocycles. The van der Waals surface area contributed by atoms with Crippen LogP contribution in [0.2, 0.25) is 0 Å². The van der Waals surface area contributed by atoms with Gasteiger partial charge in [0.25, 0.3) is 0 Å². The lowest BCUT2D eigenvalue weighted by atomic mass is 9.74. The molecule has 2 aromatic carbocycles. The number of hydrogen-bond acceptors (Lipinski definition) is 3. The van der Waals surface area contributed by atoms with E-state index in [1.807, 2.05) is 0 Å². The fourth-order valence-electron chi connectivity index (χ4n) is 4.04. The molecular formula is C22H20O4. The number of aromatic carboxylic acids is 1. The molecule has 2 atom stereocenters. The van der Waals surface area contributed by atoms with Crippen molar-refractivity contribution in [3.05, 3.63) is 71.5 Å². The molecule has 4 heteroatoms. The van der Waals surface area contributed by atoms with Gasteiger partial charge in [0.1, 0.15) is 17.3 Å². The number of fused-ring (bicyclic) bond motifs is 3. The molecule has 0 bridgehead atoms. The standard InChI is InChI=1S/C22H20O4/c1-12-7-8-15-13(2)26-20-11-14(10-19(23)21(20)18(15)9-12)16-5-3-4-6-17(16)22(24)25/h3-6,9-11,15,18,23H,2,7-8H2,1H3,(H,24,25)/t15-,18+/m0/s1. The summed E-state index contributed by atoms with van der Waals surface area (Å²) >= 11 is 0. The van der Waals surface area contributed by atoms with Crippen molar-refractivity contribution in [1.82, 2.24) is 0 Å². The van der Waals surface area contributed by atoms with Crippen molar-refractivity contribution in [1.29, 1.82) is 0 Å². The van der Waals surface area contributed by atoms with Crippen LogP contribution in [0.1, 0.15) is 41.6 Å². The Morgan fingerprint density at radius 2 is 2.04 bits per heavy atom. The molecule has 1 aliphatic heterocycles. The number of allylic oxidation sites excluding steroid dienone is 3. The summed E-state index contributed by atoms with van der Waals surface area (Å²) in [5.41, 5.74) is 3.41. The van der Waals surface area contributed by atoms with Gasteiger partial charge in [-0.25, -0.2) is 4.79 Å². The van der Waals surface area contributed by atoms with Gasteiger partial charge in [0.15, 0.2) is 0 Å². The van der Waals surface area contributed by atoms with E-state index in [2.05, 4.69) is 19.6 Å². The number of phenols is 1. The van der Waals surface area contributed by atoms with E-state index in [1.165, 1.54) is 5.57 Å². The molecule has 0 aromatic heterocycles. The maximum absolute atomic E-state index is 11.5. The van der Waals surface area contributed by atoms with Gasteiger partial charge in [-0.2, -0.15) is 0 Å². The smallest absolute Gasteiger partial charge is 0.336 e. The Labute approximate surface area is 152 Å². The molecule has 1 aliphatic carbocycles. The maximum atomic E-state index is 11.5. The summed E-state index contributed by atoms with van der Waals surface area (Å²) in [6.45, 7) is 6.17. The minimum absolute atomic E-state index is 0.0452. The zero-order valence-electron chi connectivity index (χ0n) is 14.5. The Hall–Kier alpha value is -3.01.